The predicted octanol–water partition coefficient (Wildman–Crippen LogP) is 4.68. The molecule has 2 heterocycles. The van der Waals surface area contributed by atoms with Gasteiger partial charge < -0.3 is 9.80 Å². The number of sulfonamides is 1. The lowest BCUT2D eigenvalue weighted by molar-refractivity contribution is 0.0748. The lowest BCUT2D eigenvalue weighted by Gasteiger charge is -2.34. The summed E-state index contributed by atoms with van der Waals surface area (Å²) in [5, 5.41) is 0.965. The van der Waals surface area contributed by atoms with Crippen molar-refractivity contribution >= 4 is 48.3 Å². The highest BCUT2D eigenvalue weighted by molar-refractivity contribution is 7.92. The predicted molar refractivity (Wildman–Crippen MR) is 141 cm³/mol. The Kier molecular flexibility index (Phi) is 6.21. The van der Waals surface area contributed by atoms with Crippen LogP contribution in [-0.2, 0) is 10.0 Å². The minimum Gasteiger partial charge on any atom is -0.345 e. The quantitative estimate of drug-likeness (QED) is 0.425. The fraction of sp³-hybridized carbons (Fsp3) is 0.231. The molecule has 0 saturated carbocycles. The van der Waals surface area contributed by atoms with Gasteiger partial charge in [0.2, 0.25) is 0 Å². The number of hydrogen-bond acceptors (Lipinski definition) is 6. The van der Waals surface area contributed by atoms with E-state index in [1.54, 1.807) is 64.8 Å². The van der Waals surface area contributed by atoms with Crippen molar-refractivity contribution in [3.63, 3.8) is 0 Å². The van der Waals surface area contributed by atoms with E-state index in [9.17, 15) is 13.2 Å². The topological polar surface area (TPSA) is 82.6 Å². The van der Waals surface area contributed by atoms with Crippen molar-refractivity contribution in [2.45, 2.75) is 18.7 Å². The van der Waals surface area contributed by atoms with Gasteiger partial charge in [-0.3, -0.25) is 9.52 Å². The zero-order chi connectivity index (χ0) is 24.6. The lowest BCUT2D eigenvalue weighted by atomic mass is 10.1. The SMILES string of the molecule is Cc1ccc(S(=O)(=O)Nc2ccccc2C(=O)N2CCN(c3nc4c(C)cccc4s3)CC2)cc1. The van der Waals surface area contributed by atoms with E-state index in [-0.39, 0.29) is 16.5 Å². The Bertz CT molecular complexity index is 1490. The molecule has 0 unspecified atom stereocenters. The number of para-hydroxylation sites is 2. The summed E-state index contributed by atoms with van der Waals surface area (Å²) >= 11 is 1.67. The summed E-state index contributed by atoms with van der Waals surface area (Å²) in [5.74, 6) is -0.188. The molecule has 1 fully saturated rings. The van der Waals surface area contributed by atoms with Gasteiger partial charge in [-0.05, 0) is 49.7 Å². The zero-order valence-electron chi connectivity index (χ0n) is 19.6. The minimum absolute atomic E-state index is 0.157. The van der Waals surface area contributed by atoms with E-state index in [4.69, 9.17) is 4.98 Å². The molecule has 0 bridgehead atoms. The van der Waals surface area contributed by atoms with Gasteiger partial charge in [0.05, 0.1) is 26.4 Å². The van der Waals surface area contributed by atoms with Crippen molar-refractivity contribution in [2.24, 2.45) is 0 Å². The molecule has 35 heavy (non-hydrogen) atoms. The smallest absolute Gasteiger partial charge is 0.261 e. The first-order chi connectivity index (χ1) is 16.8. The molecule has 3 aromatic carbocycles. The van der Waals surface area contributed by atoms with Crippen molar-refractivity contribution in [2.75, 3.05) is 35.8 Å². The molecule has 0 radical (unpaired) electrons. The summed E-state index contributed by atoms with van der Waals surface area (Å²) in [6.07, 6.45) is 0. The number of nitrogens with one attached hydrogen (secondary N) is 1. The average molecular weight is 507 g/mol. The van der Waals surface area contributed by atoms with Crippen LogP contribution in [0.5, 0.6) is 0 Å². The van der Waals surface area contributed by atoms with Gasteiger partial charge in [0.25, 0.3) is 15.9 Å². The van der Waals surface area contributed by atoms with Gasteiger partial charge in [-0.15, -0.1) is 0 Å². The Hall–Kier alpha value is -3.43. The van der Waals surface area contributed by atoms with Crippen LogP contribution in [-0.4, -0.2) is 50.4 Å². The maximum Gasteiger partial charge on any atom is 0.261 e. The number of aryl methyl sites for hydroxylation is 2. The number of amides is 1. The Balaban J connectivity index is 1.31. The van der Waals surface area contributed by atoms with Crippen LogP contribution in [0.25, 0.3) is 10.2 Å². The Morgan fingerprint density at radius 3 is 2.34 bits per heavy atom. The first-order valence-corrected chi connectivity index (χ1v) is 13.7. The van der Waals surface area contributed by atoms with E-state index < -0.39 is 10.0 Å². The van der Waals surface area contributed by atoms with Gasteiger partial charge >= 0.3 is 0 Å². The number of thiazole rings is 1. The highest BCUT2D eigenvalue weighted by Crippen LogP contribution is 2.31. The second-order valence-electron chi connectivity index (χ2n) is 8.66. The summed E-state index contributed by atoms with van der Waals surface area (Å²) in [4.78, 5) is 22.3. The van der Waals surface area contributed by atoms with Gasteiger partial charge in [0.1, 0.15) is 0 Å². The molecule has 7 nitrogen and oxygen atoms in total. The lowest BCUT2D eigenvalue weighted by Crippen LogP contribution is -2.48. The molecular weight excluding hydrogens is 480 g/mol. The first-order valence-electron chi connectivity index (χ1n) is 11.4. The van der Waals surface area contributed by atoms with Crippen molar-refractivity contribution in [1.29, 1.82) is 0 Å². The van der Waals surface area contributed by atoms with Crippen LogP contribution in [0.3, 0.4) is 0 Å². The molecule has 5 rings (SSSR count). The third-order valence-corrected chi connectivity index (χ3v) is 8.64. The van der Waals surface area contributed by atoms with Crippen LogP contribution >= 0.6 is 11.3 Å². The van der Waals surface area contributed by atoms with E-state index in [0.29, 0.717) is 31.7 Å². The summed E-state index contributed by atoms with van der Waals surface area (Å²) < 4.78 is 29.6. The van der Waals surface area contributed by atoms with Crippen LogP contribution in [0.2, 0.25) is 0 Å². The first kappa shape index (κ1) is 23.3. The molecule has 1 aromatic heterocycles. The van der Waals surface area contributed by atoms with Crippen molar-refractivity contribution in [1.82, 2.24) is 9.88 Å². The van der Waals surface area contributed by atoms with E-state index in [1.807, 2.05) is 13.0 Å². The maximum absolute atomic E-state index is 13.4. The summed E-state index contributed by atoms with van der Waals surface area (Å²) in [6.45, 7) is 6.37. The van der Waals surface area contributed by atoms with Crippen molar-refractivity contribution in [3.05, 3.63) is 83.4 Å². The largest absolute Gasteiger partial charge is 0.345 e. The maximum atomic E-state index is 13.4. The van der Waals surface area contributed by atoms with Gasteiger partial charge in [0.15, 0.2) is 5.13 Å². The number of piperazine rings is 1. The van der Waals surface area contributed by atoms with Gasteiger partial charge in [-0.2, -0.15) is 0 Å². The van der Waals surface area contributed by atoms with E-state index in [2.05, 4.69) is 28.7 Å². The number of carbonyl (C=O) groups is 1. The fourth-order valence-corrected chi connectivity index (χ4v) is 6.34. The van der Waals surface area contributed by atoms with E-state index >= 15 is 0 Å². The third-order valence-electron chi connectivity index (χ3n) is 6.18. The second-order valence-corrected chi connectivity index (χ2v) is 11.4. The number of benzene rings is 3. The Morgan fingerprint density at radius 2 is 1.63 bits per heavy atom. The third kappa shape index (κ3) is 4.74. The number of anilines is 2. The van der Waals surface area contributed by atoms with Gasteiger partial charge in [-0.25, -0.2) is 13.4 Å². The molecule has 180 valence electrons. The Morgan fingerprint density at radius 1 is 0.914 bits per heavy atom. The van der Waals surface area contributed by atoms with Crippen LogP contribution in [0.1, 0.15) is 21.5 Å². The summed E-state index contributed by atoms with van der Waals surface area (Å²) in [6, 6.07) is 19.6. The highest BCUT2D eigenvalue weighted by Gasteiger charge is 2.26. The van der Waals surface area contributed by atoms with E-state index in [1.165, 1.54) is 0 Å². The number of aromatic nitrogens is 1. The summed E-state index contributed by atoms with van der Waals surface area (Å²) in [7, 11) is -3.81. The number of rotatable bonds is 5. The molecule has 1 N–H and O–H groups in total. The molecule has 1 aliphatic rings. The number of carbonyl (C=O) groups excluding carboxylic acids is 1. The van der Waals surface area contributed by atoms with Crippen LogP contribution in [0, 0.1) is 13.8 Å². The molecule has 0 aliphatic carbocycles. The monoisotopic (exact) mass is 506 g/mol. The van der Waals surface area contributed by atoms with Crippen molar-refractivity contribution < 1.29 is 13.2 Å². The Labute approximate surface area is 209 Å². The molecule has 9 heteroatoms. The van der Waals surface area contributed by atoms with Gasteiger partial charge in [-0.1, -0.05) is 53.3 Å². The number of nitrogens with zero attached hydrogens (tertiary/aromatic N) is 3. The molecule has 1 saturated heterocycles. The van der Waals surface area contributed by atoms with Crippen LogP contribution in [0.4, 0.5) is 10.8 Å². The molecule has 4 aromatic rings. The second kappa shape index (κ2) is 9.31. The number of fused-ring (bicyclic) bond motifs is 1. The molecular formula is C26H26N4O3S2. The average Bonchev–Trinajstić information content (AvgIpc) is 3.30. The minimum atomic E-state index is -3.81. The molecule has 1 amide bonds. The van der Waals surface area contributed by atoms with E-state index in [0.717, 1.165) is 26.5 Å². The summed E-state index contributed by atoms with van der Waals surface area (Å²) in [5.41, 5.74) is 3.78. The van der Waals surface area contributed by atoms with Gasteiger partial charge in [0, 0.05) is 26.2 Å². The zero-order valence-corrected chi connectivity index (χ0v) is 21.2. The van der Waals surface area contributed by atoms with Crippen molar-refractivity contribution in [3.8, 4) is 0 Å². The molecule has 0 atom stereocenters. The molecule has 1 aliphatic heterocycles. The fourth-order valence-electron chi connectivity index (χ4n) is 4.16. The standard InChI is InChI=1S/C26H26N4O3S2/c1-18-10-12-20(13-11-18)35(32,33)28-22-8-4-3-7-21(22)25(31)29-14-16-30(17-15-29)26-27-24-19(2)6-5-9-23(24)34-26/h3-13,28H,14-17H2,1-2H3. The highest BCUT2D eigenvalue weighted by atomic mass is 32.2. The molecule has 0 spiro atoms. The number of hydrogen-bond donors (Lipinski definition) is 1. The van der Waals surface area contributed by atoms with Crippen LogP contribution < -0.4 is 9.62 Å². The van der Waals surface area contributed by atoms with Crippen LogP contribution in [0.15, 0.2) is 71.6 Å². The normalized spacial score (nSPS) is 14.3.